The van der Waals surface area contributed by atoms with Crippen molar-refractivity contribution in [3.05, 3.63) is 35.9 Å². The predicted octanol–water partition coefficient (Wildman–Crippen LogP) is 4.53. The Morgan fingerprint density at radius 3 is 2.89 bits per heavy atom. The fourth-order valence-corrected chi connectivity index (χ4v) is 3.13. The molecular weight excluding hydrogens is 232 g/mol. The normalized spacial score (nSPS) is 23.5. The number of para-hydroxylation sites is 1. The summed E-state index contributed by atoms with van der Waals surface area (Å²) in [6.45, 7) is 4.50. The minimum atomic E-state index is 0.594. The minimum Gasteiger partial charge on any atom is -0.367 e. The van der Waals surface area contributed by atoms with E-state index in [-0.39, 0.29) is 0 Å². The monoisotopic (exact) mass is 254 g/mol. The summed E-state index contributed by atoms with van der Waals surface area (Å²) in [7, 11) is 0. The second-order valence-corrected chi connectivity index (χ2v) is 5.96. The Bertz CT molecular complexity index is 576. The molecule has 2 atom stereocenters. The van der Waals surface area contributed by atoms with Crippen LogP contribution < -0.4 is 5.32 Å². The van der Waals surface area contributed by atoms with Gasteiger partial charge in [-0.1, -0.05) is 38.0 Å². The molecule has 1 aliphatic rings. The second-order valence-electron chi connectivity index (χ2n) is 5.96. The molecule has 1 aromatic heterocycles. The highest BCUT2D eigenvalue weighted by Crippen LogP contribution is 2.27. The molecule has 1 fully saturated rings. The molecule has 0 aliphatic heterocycles. The van der Waals surface area contributed by atoms with E-state index in [2.05, 4.69) is 49.5 Å². The molecule has 2 nitrogen and oxygen atoms in total. The SMILES string of the molecule is Cc1cc2ccccc2nc1NC1CCCC(C)C1. The molecule has 0 radical (unpaired) electrons. The molecule has 1 aliphatic carbocycles. The number of benzene rings is 1. The van der Waals surface area contributed by atoms with Crippen LogP contribution in [-0.4, -0.2) is 11.0 Å². The topological polar surface area (TPSA) is 24.9 Å². The highest BCUT2D eigenvalue weighted by molar-refractivity contribution is 5.81. The number of nitrogens with zero attached hydrogens (tertiary/aromatic N) is 1. The highest BCUT2D eigenvalue weighted by atomic mass is 15.0. The number of pyridine rings is 1. The van der Waals surface area contributed by atoms with Gasteiger partial charge in [0.1, 0.15) is 5.82 Å². The van der Waals surface area contributed by atoms with E-state index >= 15 is 0 Å². The Hall–Kier alpha value is -1.57. The molecule has 19 heavy (non-hydrogen) atoms. The van der Waals surface area contributed by atoms with Crippen molar-refractivity contribution in [2.45, 2.75) is 45.6 Å². The van der Waals surface area contributed by atoms with Gasteiger partial charge in [0.25, 0.3) is 0 Å². The first kappa shape index (κ1) is 12.5. The van der Waals surface area contributed by atoms with Gasteiger partial charge in [-0.15, -0.1) is 0 Å². The molecule has 0 bridgehead atoms. The lowest BCUT2D eigenvalue weighted by Gasteiger charge is -2.28. The predicted molar refractivity (Wildman–Crippen MR) is 81.5 cm³/mol. The van der Waals surface area contributed by atoms with E-state index in [1.54, 1.807) is 0 Å². The van der Waals surface area contributed by atoms with E-state index in [4.69, 9.17) is 4.98 Å². The molecule has 0 saturated heterocycles. The minimum absolute atomic E-state index is 0.594. The van der Waals surface area contributed by atoms with Crippen LogP contribution in [0, 0.1) is 12.8 Å². The molecule has 1 N–H and O–H groups in total. The van der Waals surface area contributed by atoms with Gasteiger partial charge in [-0.05, 0) is 43.4 Å². The van der Waals surface area contributed by atoms with Crippen molar-refractivity contribution in [2.24, 2.45) is 5.92 Å². The molecule has 1 saturated carbocycles. The Labute approximate surface area is 115 Å². The zero-order chi connectivity index (χ0) is 13.2. The lowest BCUT2D eigenvalue weighted by Crippen LogP contribution is -2.27. The quantitative estimate of drug-likeness (QED) is 0.851. The van der Waals surface area contributed by atoms with Gasteiger partial charge >= 0.3 is 0 Å². The molecule has 3 rings (SSSR count). The van der Waals surface area contributed by atoms with E-state index in [9.17, 15) is 0 Å². The average Bonchev–Trinajstić information content (AvgIpc) is 2.40. The summed E-state index contributed by atoms with van der Waals surface area (Å²) in [6, 6.07) is 11.2. The zero-order valence-corrected chi connectivity index (χ0v) is 11.8. The number of fused-ring (bicyclic) bond motifs is 1. The number of anilines is 1. The maximum Gasteiger partial charge on any atom is 0.129 e. The van der Waals surface area contributed by atoms with E-state index in [1.165, 1.54) is 36.6 Å². The first-order chi connectivity index (χ1) is 9.22. The molecule has 2 aromatic rings. The third-order valence-corrected chi connectivity index (χ3v) is 4.19. The maximum absolute atomic E-state index is 4.78. The smallest absolute Gasteiger partial charge is 0.129 e. The summed E-state index contributed by atoms with van der Waals surface area (Å²) in [6.07, 6.45) is 5.26. The van der Waals surface area contributed by atoms with Crippen LogP contribution in [0.5, 0.6) is 0 Å². The Morgan fingerprint density at radius 2 is 2.05 bits per heavy atom. The van der Waals surface area contributed by atoms with Gasteiger partial charge in [-0.3, -0.25) is 0 Å². The van der Waals surface area contributed by atoms with Crippen LogP contribution >= 0.6 is 0 Å². The average molecular weight is 254 g/mol. The van der Waals surface area contributed by atoms with Gasteiger partial charge < -0.3 is 5.32 Å². The van der Waals surface area contributed by atoms with Gasteiger partial charge in [0.2, 0.25) is 0 Å². The first-order valence-corrected chi connectivity index (χ1v) is 7.35. The van der Waals surface area contributed by atoms with Crippen LogP contribution in [0.15, 0.2) is 30.3 Å². The number of hydrogen-bond donors (Lipinski definition) is 1. The van der Waals surface area contributed by atoms with Crippen LogP contribution in [0.2, 0.25) is 0 Å². The van der Waals surface area contributed by atoms with Crippen LogP contribution in [0.4, 0.5) is 5.82 Å². The van der Waals surface area contributed by atoms with E-state index in [0.717, 1.165) is 17.3 Å². The van der Waals surface area contributed by atoms with Gasteiger partial charge in [0.15, 0.2) is 0 Å². The maximum atomic E-state index is 4.78. The van der Waals surface area contributed by atoms with Crippen LogP contribution in [-0.2, 0) is 0 Å². The molecule has 2 unspecified atom stereocenters. The standard InChI is InChI=1S/C17H22N2/c1-12-6-5-8-15(10-12)18-17-13(2)11-14-7-3-4-9-16(14)19-17/h3-4,7,9,11-12,15H,5-6,8,10H2,1-2H3,(H,18,19). The Balaban J connectivity index is 1.85. The number of aromatic nitrogens is 1. The van der Waals surface area contributed by atoms with Crippen LogP contribution in [0.25, 0.3) is 10.9 Å². The van der Waals surface area contributed by atoms with Gasteiger partial charge in [-0.25, -0.2) is 4.98 Å². The molecule has 2 heteroatoms. The molecule has 1 aromatic carbocycles. The number of hydrogen-bond acceptors (Lipinski definition) is 2. The molecular formula is C17H22N2. The van der Waals surface area contributed by atoms with Crippen molar-refractivity contribution in [1.29, 1.82) is 0 Å². The summed E-state index contributed by atoms with van der Waals surface area (Å²) >= 11 is 0. The largest absolute Gasteiger partial charge is 0.367 e. The first-order valence-electron chi connectivity index (χ1n) is 7.35. The van der Waals surface area contributed by atoms with Crippen molar-refractivity contribution >= 4 is 16.7 Å². The lowest BCUT2D eigenvalue weighted by atomic mass is 9.87. The van der Waals surface area contributed by atoms with Crippen molar-refractivity contribution < 1.29 is 0 Å². The van der Waals surface area contributed by atoms with E-state index < -0.39 is 0 Å². The Morgan fingerprint density at radius 1 is 1.21 bits per heavy atom. The van der Waals surface area contributed by atoms with Crippen molar-refractivity contribution in [1.82, 2.24) is 4.98 Å². The van der Waals surface area contributed by atoms with Gasteiger partial charge in [0.05, 0.1) is 5.52 Å². The van der Waals surface area contributed by atoms with Crippen molar-refractivity contribution in [3.8, 4) is 0 Å². The number of nitrogens with one attached hydrogen (secondary N) is 1. The Kier molecular flexibility index (Phi) is 3.41. The fourth-order valence-electron chi connectivity index (χ4n) is 3.13. The van der Waals surface area contributed by atoms with Gasteiger partial charge in [-0.2, -0.15) is 0 Å². The molecule has 1 heterocycles. The summed E-state index contributed by atoms with van der Waals surface area (Å²) in [4.78, 5) is 4.78. The van der Waals surface area contributed by atoms with E-state index in [1.807, 2.05) is 0 Å². The lowest BCUT2D eigenvalue weighted by molar-refractivity contribution is 0.358. The van der Waals surface area contributed by atoms with Gasteiger partial charge in [0, 0.05) is 11.4 Å². The summed E-state index contributed by atoms with van der Waals surface area (Å²) in [5, 5.41) is 4.89. The number of aryl methyl sites for hydroxylation is 1. The van der Waals surface area contributed by atoms with Crippen LogP contribution in [0.3, 0.4) is 0 Å². The third kappa shape index (κ3) is 2.73. The van der Waals surface area contributed by atoms with Crippen molar-refractivity contribution in [2.75, 3.05) is 5.32 Å². The molecule has 0 spiro atoms. The van der Waals surface area contributed by atoms with E-state index in [0.29, 0.717) is 6.04 Å². The second kappa shape index (κ2) is 5.20. The number of rotatable bonds is 2. The zero-order valence-electron chi connectivity index (χ0n) is 11.8. The fraction of sp³-hybridized carbons (Fsp3) is 0.471. The summed E-state index contributed by atoms with van der Waals surface area (Å²) < 4.78 is 0. The summed E-state index contributed by atoms with van der Waals surface area (Å²) in [5.74, 6) is 1.91. The van der Waals surface area contributed by atoms with Crippen molar-refractivity contribution in [3.63, 3.8) is 0 Å². The highest BCUT2D eigenvalue weighted by Gasteiger charge is 2.19. The molecule has 100 valence electrons. The third-order valence-electron chi connectivity index (χ3n) is 4.19. The molecule has 0 amide bonds. The summed E-state index contributed by atoms with van der Waals surface area (Å²) in [5.41, 5.74) is 2.33. The van der Waals surface area contributed by atoms with Crippen LogP contribution in [0.1, 0.15) is 38.2 Å².